The van der Waals surface area contributed by atoms with Gasteiger partial charge in [0, 0.05) is 5.92 Å². The van der Waals surface area contributed by atoms with Crippen LogP contribution in [0.3, 0.4) is 0 Å². The smallest absolute Gasteiger partial charge is 0.318 e. The van der Waals surface area contributed by atoms with E-state index >= 15 is 0 Å². The lowest BCUT2D eigenvalue weighted by molar-refractivity contribution is -0.139. The molecule has 2 aromatic carbocycles. The molecule has 4 amide bonds. The fraction of sp³-hybridized carbons (Fsp3) is 0.250. The molecule has 2 fully saturated rings. The van der Waals surface area contributed by atoms with Crippen LogP contribution in [0.25, 0.3) is 0 Å². The van der Waals surface area contributed by atoms with Gasteiger partial charge in [-0.3, -0.25) is 15.0 Å². The molecule has 2 aromatic rings. The van der Waals surface area contributed by atoms with Crippen LogP contribution in [0.15, 0.2) is 54.6 Å². The van der Waals surface area contributed by atoms with Crippen molar-refractivity contribution in [3.8, 4) is 0 Å². The number of carbonyl (C=O) groups is 3. The first kappa shape index (κ1) is 17.2. The van der Waals surface area contributed by atoms with Gasteiger partial charge < -0.3 is 5.32 Å². The molecule has 0 aromatic heterocycles. The van der Waals surface area contributed by atoms with Crippen LogP contribution in [0.1, 0.15) is 30.4 Å². The van der Waals surface area contributed by atoms with Gasteiger partial charge in [0.15, 0.2) is 0 Å². The number of nitrogens with zero attached hydrogens (tertiary/aromatic N) is 1. The highest BCUT2D eigenvalue weighted by molar-refractivity contribution is 6.08. The Morgan fingerprint density at radius 2 is 1.81 bits per heavy atom. The minimum atomic E-state index is -1.25. The van der Waals surface area contributed by atoms with Gasteiger partial charge in [0.25, 0.3) is 5.91 Å². The molecule has 1 heterocycles. The summed E-state index contributed by atoms with van der Waals surface area (Å²) in [6, 6.07) is 14.4. The van der Waals surface area contributed by atoms with Crippen molar-refractivity contribution in [1.29, 1.82) is 0 Å². The zero-order chi connectivity index (χ0) is 19.2. The molecule has 2 N–H and O–H groups in total. The van der Waals surface area contributed by atoms with E-state index in [-0.39, 0.29) is 11.7 Å². The Balaban J connectivity index is 1.47. The Hall–Kier alpha value is -3.22. The number of carbonyl (C=O) groups excluding carboxylic acids is 3. The molecule has 0 radical (unpaired) electrons. The first-order valence-electron chi connectivity index (χ1n) is 8.69. The molecule has 138 valence electrons. The number of amides is 4. The van der Waals surface area contributed by atoms with Crippen LogP contribution >= 0.6 is 0 Å². The van der Waals surface area contributed by atoms with Gasteiger partial charge in [0.1, 0.15) is 11.4 Å². The Labute approximate surface area is 155 Å². The van der Waals surface area contributed by atoms with Crippen LogP contribution in [0.5, 0.6) is 0 Å². The molecule has 7 heteroatoms. The summed E-state index contributed by atoms with van der Waals surface area (Å²) in [4.78, 5) is 37.6. The van der Waals surface area contributed by atoms with Gasteiger partial charge in [-0.15, -0.1) is 0 Å². The molecule has 1 saturated heterocycles. The molecule has 4 rings (SSSR count). The van der Waals surface area contributed by atoms with Gasteiger partial charge >= 0.3 is 6.03 Å². The third kappa shape index (κ3) is 2.85. The predicted molar refractivity (Wildman–Crippen MR) is 94.6 cm³/mol. The van der Waals surface area contributed by atoms with Crippen molar-refractivity contribution in [2.45, 2.75) is 24.8 Å². The van der Waals surface area contributed by atoms with Crippen LogP contribution in [-0.2, 0) is 15.1 Å². The van der Waals surface area contributed by atoms with E-state index in [4.69, 9.17) is 0 Å². The average Bonchev–Trinajstić information content (AvgIpc) is 3.43. The summed E-state index contributed by atoms with van der Waals surface area (Å²) < 4.78 is 13.9. The molecular formula is C20H18FN3O3. The zero-order valence-corrected chi connectivity index (χ0v) is 14.6. The van der Waals surface area contributed by atoms with E-state index in [1.807, 2.05) is 6.07 Å². The van der Waals surface area contributed by atoms with Gasteiger partial charge in [0.2, 0.25) is 5.91 Å². The fourth-order valence-electron chi connectivity index (χ4n) is 3.51. The summed E-state index contributed by atoms with van der Waals surface area (Å²) in [5, 5.41) is 3.34. The molecule has 0 spiro atoms. The monoisotopic (exact) mass is 367 g/mol. The zero-order valence-electron chi connectivity index (χ0n) is 14.6. The predicted octanol–water partition coefficient (Wildman–Crippen LogP) is 2.43. The number of nitrogens with one attached hydrogen (secondary N) is 2. The van der Waals surface area contributed by atoms with Crippen LogP contribution in [0.4, 0.5) is 9.18 Å². The van der Waals surface area contributed by atoms with E-state index in [9.17, 15) is 18.8 Å². The number of urea groups is 1. The maximum atomic E-state index is 13.9. The molecule has 3 unspecified atom stereocenters. The third-order valence-electron chi connectivity index (χ3n) is 5.20. The highest BCUT2D eigenvalue weighted by Crippen LogP contribution is 2.48. The Kier molecular flexibility index (Phi) is 3.95. The quantitative estimate of drug-likeness (QED) is 0.815. The Bertz CT molecular complexity index is 933. The second-order valence-electron chi connectivity index (χ2n) is 7.01. The van der Waals surface area contributed by atoms with Crippen LogP contribution in [0, 0.1) is 11.7 Å². The van der Waals surface area contributed by atoms with Crippen molar-refractivity contribution in [2.24, 2.45) is 5.92 Å². The summed E-state index contributed by atoms with van der Waals surface area (Å²) in [6.45, 7) is 1.59. The number of halogens is 1. The number of imide groups is 1. The molecular weight excluding hydrogens is 349 g/mol. The van der Waals surface area contributed by atoms with Crippen LogP contribution in [0.2, 0.25) is 0 Å². The van der Waals surface area contributed by atoms with Crippen LogP contribution in [-0.4, -0.2) is 22.9 Å². The lowest BCUT2D eigenvalue weighted by Gasteiger charge is -2.22. The summed E-state index contributed by atoms with van der Waals surface area (Å²) in [5.74, 6) is -2.10. The first-order chi connectivity index (χ1) is 12.9. The summed E-state index contributed by atoms with van der Waals surface area (Å²) in [6.07, 6.45) is 0.479. The van der Waals surface area contributed by atoms with Crippen molar-refractivity contribution in [1.82, 2.24) is 15.8 Å². The van der Waals surface area contributed by atoms with E-state index in [0.717, 1.165) is 0 Å². The topological polar surface area (TPSA) is 78.5 Å². The second kappa shape index (κ2) is 6.19. The number of rotatable bonds is 4. The second-order valence-corrected chi connectivity index (χ2v) is 7.01. The fourth-order valence-corrected chi connectivity index (χ4v) is 3.51. The molecule has 27 heavy (non-hydrogen) atoms. The van der Waals surface area contributed by atoms with E-state index in [0.29, 0.717) is 22.6 Å². The first-order valence-corrected chi connectivity index (χ1v) is 8.69. The minimum Gasteiger partial charge on any atom is -0.318 e. The van der Waals surface area contributed by atoms with Crippen LogP contribution < -0.4 is 10.7 Å². The molecule has 3 atom stereocenters. The maximum Gasteiger partial charge on any atom is 0.344 e. The molecule has 6 nitrogen and oxygen atoms in total. The van der Waals surface area contributed by atoms with Crippen molar-refractivity contribution in [3.05, 3.63) is 71.5 Å². The van der Waals surface area contributed by atoms with E-state index in [1.54, 1.807) is 49.4 Å². The van der Waals surface area contributed by atoms with Gasteiger partial charge in [-0.05, 0) is 36.5 Å². The highest BCUT2D eigenvalue weighted by atomic mass is 19.1. The van der Waals surface area contributed by atoms with Gasteiger partial charge in [-0.1, -0.05) is 48.5 Å². The van der Waals surface area contributed by atoms with Gasteiger partial charge in [0.05, 0.1) is 0 Å². The SMILES string of the molecule is CC1(c2ccccc2)NC(=O)N(NC(=O)C2CC2c2ccccc2F)C1=O. The maximum absolute atomic E-state index is 13.9. The molecule has 0 bridgehead atoms. The highest BCUT2D eigenvalue weighted by Gasteiger charge is 2.52. The lowest BCUT2D eigenvalue weighted by atomic mass is 9.92. The summed E-state index contributed by atoms with van der Waals surface area (Å²) in [5.41, 5.74) is 2.24. The number of hydrogen-bond donors (Lipinski definition) is 2. The van der Waals surface area contributed by atoms with Crippen molar-refractivity contribution < 1.29 is 18.8 Å². The van der Waals surface area contributed by atoms with E-state index < -0.39 is 29.3 Å². The molecule has 2 aliphatic rings. The number of hydrazine groups is 1. The largest absolute Gasteiger partial charge is 0.344 e. The standard InChI is InChI=1S/C20H18FN3O3/c1-20(12-7-3-2-4-8-12)18(26)24(19(27)22-20)23-17(25)15-11-14(15)13-9-5-6-10-16(13)21/h2-10,14-15H,11H2,1H3,(H,22,27)(H,23,25). The van der Waals surface area contributed by atoms with Crippen molar-refractivity contribution in [3.63, 3.8) is 0 Å². The summed E-state index contributed by atoms with van der Waals surface area (Å²) in [7, 11) is 0. The van der Waals surface area contributed by atoms with Crippen molar-refractivity contribution >= 4 is 17.8 Å². The molecule has 1 aliphatic carbocycles. The number of hydrogen-bond acceptors (Lipinski definition) is 3. The van der Waals surface area contributed by atoms with Crippen molar-refractivity contribution in [2.75, 3.05) is 0 Å². The minimum absolute atomic E-state index is 0.243. The van der Waals surface area contributed by atoms with Gasteiger partial charge in [-0.2, -0.15) is 5.01 Å². The molecule has 1 saturated carbocycles. The molecule has 1 aliphatic heterocycles. The van der Waals surface area contributed by atoms with E-state index in [2.05, 4.69) is 10.7 Å². The van der Waals surface area contributed by atoms with E-state index in [1.165, 1.54) is 6.07 Å². The average molecular weight is 367 g/mol. The number of benzene rings is 2. The van der Waals surface area contributed by atoms with Gasteiger partial charge in [-0.25, -0.2) is 9.18 Å². The normalized spacial score (nSPS) is 26.7. The lowest BCUT2D eigenvalue weighted by Crippen LogP contribution is -2.48. The Morgan fingerprint density at radius 3 is 2.52 bits per heavy atom. The Morgan fingerprint density at radius 1 is 1.15 bits per heavy atom. The third-order valence-corrected chi connectivity index (χ3v) is 5.20. The summed E-state index contributed by atoms with van der Waals surface area (Å²) >= 11 is 0.